The van der Waals surface area contributed by atoms with Gasteiger partial charge in [-0.25, -0.2) is 0 Å². The Balaban J connectivity index is 1.73. The monoisotopic (exact) mass is 253 g/mol. The Morgan fingerprint density at radius 2 is 2.18 bits per heavy atom. The van der Waals surface area contributed by atoms with Crippen molar-refractivity contribution in [2.24, 2.45) is 11.7 Å². The summed E-state index contributed by atoms with van der Waals surface area (Å²) in [6.07, 6.45) is 5.36. The molecule has 2 N–H and O–H groups in total. The molecule has 1 aliphatic carbocycles. The topological polar surface area (TPSA) is 35.2 Å². The van der Waals surface area contributed by atoms with E-state index in [1.54, 1.807) is 0 Å². The summed E-state index contributed by atoms with van der Waals surface area (Å²) in [5.41, 5.74) is 7.67. The Bertz CT molecular complexity index is 363. The zero-order valence-corrected chi connectivity index (χ0v) is 10.9. The van der Waals surface area contributed by atoms with Crippen molar-refractivity contribution in [3.05, 3.63) is 34.3 Å². The van der Waals surface area contributed by atoms with Gasteiger partial charge in [-0.3, -0.25) is 0 Å². The maximum Gasteiger partial charge on any atom is 0.0731 e. The summed E-state index contributed by atoms with van der Waals surface area (Å²) in [6.45, 7) is 1.98. The van der Waals surface area contributed by atoms with Gasteiger partial charge < -0.3 is 10.5 Å². The third-order valence-corrected chi connectivity index (χ3v) is 3.86. The van der Waals surface area contributed by atoms with Crippen molar-refractivity contribution >= 4 is 11.6 Å². The molecular formula is C14H20ClNO. The van der Waals surface area contributed by atoms with Crippen LogP contribution in [0.5, 0.6) is 0 Å². The smallest absolute Gasteiger partial charge is 0.0731 e. The summed E-state index contributed by atoms with van der Waals surface area (Å²) >= 11 is 6.15. The van der Waals surface area contributed by atoms with Crippen LogP contribution in [0.1, 0.15) is 36.8 Å². The molecule has 0 bridgehead atoms. The van der Waals surface area contributed by atoms with Gasteiger partial charge in [-0.15, -0.1) is 0 Å². The molecule has 0 aromatic heterocycles. The van der Waals surface area contributed by atoms with E-state index in [0.29, 0.717) is 13.2 Å². The second-order valence-corrected chi connectivity index (χ2v) is 5.18. The van der Waals surface area contributed by atoms with Gasteiger partial charge in [-0.05, 0) is 29.5 Å². The van der Waals surface area contributed by atoms with Crippen molar-refractivity contribution in [1.29, 1.82) is 0 Å². The fourth-order valence-electron chi connectivity index (χ4n) is 2.05. The first-order valence-corrected chi connectivity index (χ1v) is 6.72. The summed E-state index contributed by atoms with van der Waals surface area (Å²) in [5.74, 6) is 0.907. The van der Waals surface area contributed by atoms with Crippen LogP contribution in [0.2, 0.25) is 5.02 Å². The molecule has 1 aromatic carbocycles. The Hall–Kier alpha value is -0.570. The third-order valence-electron chi connectivity index (χ3n) is 3.51. The quantitative estimate of drug-likeness (QED) is 0.788. The van der Waals surface area contributed by atoms with Crippen molar-refractivity contribution in [2.75, 3.05) is 6.61 Å². The number of nitrogens with two attached hydrogens (primary N) is 1. The second kappa shape index (κ2) is 6.39. The van der Waals surface area contributed by atoms with Crippen LogP contribution in [-0.4, -0.2) is 6.61 Å². The Labute approximate surface area is 108 Å². The maximum absolute atomic E-state index is 6.15. The molecule has 2 rings (SSSR count). The Morgan fingerprint density at radius 1 is 1.35 bits per heavy atom. The van der Waals surface area contributed by atoms with Gasteiger partial charge in [0.1, 0.15) is 0 Å². The molecule has 0 saturated heterocycles. The van der Waals surface area contributed by atoms with Crippen molar-refractivity contribution in [1.82, 2.24) is 0 Å². The van der Waals surface area contributed by atoms with Gasteiger partial charge in [0.25, 0.3) is 0 Å². The van der Waals surface area contributed by atoms with E-state index in [2.05, 4.69) is 0 Å². The summed E-state index contributed by atoms with van der Waals surface area (Å²) in [7, 11) is 0. The van der Waals surface area contributed by atoms with Gasteiger partial charge in [-0.1, -0.05) is 43.0 Å². The molecule has 0 unspecified atom stereocenters. The standard InChI is InChI=1S/C14H20ClNO/c15-14-8-12(9-16)4-5-13(14)10-17-7-6-11-2-1-3-11/h4-5,8,11H,1-3,6-7,9-10,16H2. The molecule has 0 spiro atoms. The summed E-state index contributed by atoms with van der Waals surface area (Å²) < 4.78 is 5.66. The SMILES string of the molecule is NCc1ccc(COCCC2CCC2)c(Cl)c1. The van der Waals surface area contributed by atoms with Gasteiger partial charge in [0, 0.05) is 18.2 Å². The first-order chi connectivity index (χ1) is 8.29. The van der Waals surface area contributed by atoms with E-state index in [1.165, 1.54) is 25.7 Å². The highest BCUT2D eigenvalue weighted by Crippen LogP contribution is 2.29. The highest BCUT2D eigenvalue weighted by Gasteiger charge is 2.16. The minimum absolute atomic E-state index is 0.530. The summed E-state index contributed by atoms with van der Waals surface area (Å²) in [6, 6.07) is 5.94. The van der Waals surface area contributed by atoms with Gasteiger partial charge in [0.2, 0.25) is 0 Å². The van der Waals surface area contributed by atoms with E-state index in [4.69, 9.17) is 22.1 Å². The van der Waals surface area contributed by atoms with Crippen LogP contribution in [-0.2, 0) is 17.9 Å². The average molecular weight is 254 g/mol. The predicted octanol–water partition coefficient (Wildman–Crippen LogP) is 3.51. The maximum atomic E-state index is 6.15. The van der Waals surface area contributed by atoms with Crippen LogP contribution in [0.25, 0.3) is 0 Å². The molecule has 17 heavy (non-hydrogen) atoms. The lowest BCUT2D eigenvalue weighted by atomic mass is 9.83. The van der Waals surface area contributed by atoms with Gasteiger partial charge >= 0.3 is 0 Å². The fourth-order valence-corrected chi connectivity index (χ4v) is 2.31. The number of rotatable bonds is 6. The number of ether oxygens (including phenoxy) is 1. The van der Waals surface area contributed by atoms with Crippen molar-refractivity contribution in [3.8, 4) is 0 Å². The van der Waals surface area contributed by atoms with E-state index < -0.39 is 0 Å². The molecule has 1 fully saturated rings. The highest BCUT2D eigenvalue weighted by molar-refractivity contribution is 6.31. The zero-order valence-electron chi connectivity index (χ0n) is 10.1. The number of hydrogen-bond acceptors (Lipinski definition) is 2. The Morgan fingerprint density at radius 3 is 2.76 bits per heavy atom. The molecule has 1 aromatic rings. The van der Waals surface area contributed by atoms with Crippen molar-refractivity contribution in [2.45, 2.75) is 38.8 Å². The summed E-state index contributed by atoms with van der Waals surface area (Å²) in [4.78, 5) is 0. The van der Waals surface area contributed by atoms with Crippen LogP contribution in [0, 0.1) is 5.92 Å². The van der Waals surface area contributed by atoms with Crippen LogP contribution in [0.15, 0.2) is 18.2 Å². The molecule has 3 heteroatoms. The molecular weight excluding hydrogens is 234 g/mol. The molecule has 0 atom stereocenters. The van der Waals surface area contributed by atoms with Crippen LogP contribution < -0.4 is 5.73 Å². The predicted molar refractivity (Wildman–Crippen MR) is 71.0 cm³/mol. The first kappa shape index (κ1) is 12.9. The molecule has 0 radical (unpaired) electrons. The van der Waals surface area contributed by atoms with Gasteiger partial charge in [0.15, 0.2) is 0 Å². The van der Waals surface area contributed by atoms with E-state index in [9.17, 15) is 0 Å². The minimum Gasteiger partial charge on any atom is -0.377 e. The molecule has 94 valence electrons. The fraction of sp³-hybridized carbons (Fsp3) is 0.571. The van der Waals surface area contributed by atoms with E-state index in [1.807, 2.05) is 18.2 Å². The van der Waals surface area contributed by atoms with E-state index in [-0.39, 0.29) is 0 Å². The largest absolute Gasteiger partial charge is 0.377 e. The number of benzene rings is 1. The molecule has 1 aliphatic rings. The molecule has 0 aliphatic heterocycles. The molecule has 2 nitrogen and oxygen atoms in total. The lowest BCUT2D eigenvalue weighted by molar-refractivity contribution is 0.0950. The first-order valence-electron chi connectivity index (χ1n) is 6.34. The summed E-state index contributed by atoms with van der Waals surface area (Å²) in [5, 5.41) is 0.761. The second-order valence-electron chi connectivity index (χ2n) is 4.77. The van der Waals surface area contributed by atoms with Crippen LogP contribution >= 0.6 is 11.6 Å². The number of hydrogen-bond donors (Lipinski definition) is 1. The number of halogens is 1. The third kappa shape index (κ3) is 3.70. The van der Waals surface area contributed by atoms with E-state index in [0.717, 1.165) is 28.7 Å². The van der Waals surface area contributed by atoms with Crippen LogP contribution in [0.4, 0.5) is 0 Å². The lowest BCUT2D eigenvalue weighted by Crippen LogP contribution is -2.13. The van der Waals surface area contributed by atoms with Crippen molar-refractivity contribution in [3.63, 3.8) is 0 Å². The van der Waals surface area contributed by atoms with Crippen molar-refractivity contribution < 1.29 is 4.74 Å². The lowest BCUT2D eigenvalue weighted by Gasteiger charge is -2.24. The molecule has 0 amide bonds. The van der Waals surface area contributed by atoms with Gasteiger partial charge in [-0.2, -0.15) is 0 Å². The van der Waals surface area contributed by atoms with E-state index >= 15 is 0 Å². The highest BCUT2D eigenvalue weighted by atomic mass is 35.5. The normalized spacial score (nSPS) is 15.9. The minimum atomic E-state index is 0.530. The van der Waals surface area contributed by atoms with Crippen LogP contribution in [0.3, 0.4) is 0 Å². The van der Waals surface area contributed by atoms with Gasteiger partial charge in [0.05, 0.1) is 6.61 Å². The average Bonchev–Trinajstić information content (AvgIpc) is 2.28. The molecule has 0 heterocycles. The Kier molecular flexibility index (Phi) is 4.84. The zero-order chi connectivity index (χ0) is 12.1. The molecule has 1 saturated carbocycles.